The minimum absolute atomic E-state index is 0.189. The number of nitrogens with zero attached hydrogens (tertiary/aromatic N) is 2. The molecule has 0 atom stereocenters. The minimum Gasteiger partial charge on any atom is -0.496 e. The molecule has 31 heavy (non-hydrogen) atoms. The van der Waals surface area contributed by atoms with Crippen LogP contribution in [0.25, 0.3) is 0 Å². The lowest BCUT2D eigenvalue weighted by Gasteiger charge is -2.39. The fraction of sp³-hybridized carbons (Fsp3) is 0.500. The number of carbonyl (C=O) groups excluding carboxylic acids is 1. The van der Waals surface area contributed by atoms with Gasteiger partial charge in [-0.1, -0.05) is 24.3 Å². The summed E-state index contributed by atoms with van der Waals surface area (Å²) in [6.07, 6.45) is 1.97. The second-order valence-electron chi connectivity index (χ2n) is 9.04. The van der Waals surface area contributed by atoms with Crippen LogP contribution in [0.2, 0.25) is 0 Å². The Morgan fingerprint density at radius 1 is 1.00 bits per heavy atom. The lowest BCUT2D eigenvalue weighted by atomic mass is 9.94. The quantitative estimate of drug-likeness (QED) is 0.804. The molecule has 0 saturated carbocycles. The minimum atomic E-state index is 0.189. The van der Waals surface area contributed by atoms with Crippen molar-refractivity contribution in [1.29, 1.82) is 0 Å². The lowest BCUT2D eigenvalue weighted by Crippen LogP contribution is -3.11. The number of para-hydroxylation sites is 1. The zero-order valence-corrected chi connectivity index (χ0v) is 19.2. The van der Waals surface area contributed by atoms with Crippen LogP contribution < -0.4 is 14.5 Å². The second kappa shape index (κ2) is 9.73. The molecule has 2 saturated heterocycles. The molecule has 1 amide bonds. The van der Waals surface area contributed by atoms with Crippen LogP contribution in [0, 0.1) is 19.8 Å². The van der Waals surface area contributed by atoms with Crippen molar-refractivity contribution in [3.8, 4) is 5.75 Å². The molecule has 0 aromatic heterocycles. The summed E-state index contributed by atoms with van der Waals surface area (Å²) < 4.78 is 5.50. The molecule has 0 bridgehead atoms. The van der Waals surface area contributed by atoms with Gasteiger partial charge in [0.2, 0.25) is 5.91 Å². The van der Waals surface area contributed by atoms with E-state index in [0.29, 0.717) is 5.91 Å². The fourth-order valence-corrected chi connectivity index (χ4v) is 5.07. The molecule has 0 radical (unpaired) electrons. The molecule has 2 aliphatic rings. The van der Waals surface area contributed by atoms with E-state index in [1.165, 1.54) is 22.4 Å². The molecule has 2 fully saturated rings. The Bertz CT molecular complexity index is 897. The van der Waals surface area contributed by atoms with Crippen LogP contribution in [0.1, 0.15) is 29.5 Å². The van der Waals surface area contributed by atoms with Gasteiger partial charge in [-0.05, 0) is 43.2 Å². The van der Waals surface area contributed by atoms with Gasteiger partial charge in [-0.15, -0.1) is 0 Å². The van der Waals surface area contributed by atoms with E-state index in [1.807, 2.05) is 12.1 Å². The summed E-state index contributed by atoms with van der Waals surface area (Å²) in [5.74, 6) is 1.53. The van der Waals surface area contributed by atoms with Gasteiger partial charge in [-0.2, -0.15) is 0 Å². The molecule has 0 unspecified atom stereocenters. The first kappa shape index (κ1) is 21.7. The number of piperazine rings is 1. The van der Waals surface area contributed by atoms with E-state index in [4.69, 9.17) is 4.74 Å². The lowest BCUT2D eigenvalue weighted by molar-refractivity contribution is -0.919. The third-order valence-electron chi connectivity index (χ3n) is 7.18. The Morgan fingerprint density at radius 3 is 2.42 bits per heavy atom. The number of amides is 1. The smallest absolute Gasteiger partial charge is 0.226 e. The molecule has 0 spiro atoms. The average molecular weight is 423 g/mol. The molecule has 2 aromatic rings. The number of aryl methyl sites for hydroxylation is 1. The Labute approximate surface area is 186 Å². The molecular weight excluding hydrogens is 386 g/mol. The Balaban J connectivity index is 1.27. The van der Waals surface area contributed by atoms with E-state index in [2.05, 4.69) is 54.0 Å². The summed E-state index contributed by atoms with van der Waals surface area (Å²) in [5, 5.41) is 0. The van der Waals surface area contributed by atoms with Crippen molar-refractivity contribution in [3.63, 3.8) is 0 Å². The van der Waals surface area contributed by atoms with E-state index in [-0.39, 0.29) is 5.92 Å². The monoisotopic (exact) mass is 422 g/mol. The molecule has 4 rings (SSSR count). The summed E-state index contributed by atoms with van der Waals surface area (Å²) in [5.41, 5.74) is 5.26. The van der Waals surface area contributed by atoms with Gasteiger partial charge in [0.15, 0.2) is 0 Å². The van der Waals surface area contributed by atoms with Gasteiger partial charge in [0, 0.05) is 56.2 Å². The molecule has 166 valence electrons. The zero-order valence-electron chi connectivity index (χ0n) is 19.2. The molecule has 5 heteroatoms. The summed E-state index contributed by atoms with van der Waals surface area (Å²) in [6.45, 7) is 11.0. The van der Waals surface area contributed by atoms with Crippen LogP contribution in [0.5, 0.6) is 5.75 Å². The maximum absolute atomic E-state index is 13.2. The Hall–Kier alpha value is -2.53. The van der Waals surface area contributed by atoms with Crippen molar-refractivity contribution in [3.05, 3.63) is 59.2 Å². The molecular formula is C26H36N3O2+. The number of hydrogen-bond acceptors (Lipinski definition) is 3. The standard InChI is InChI=1S/C26H35N3O2/c1-20-7-6-9-24(21(20)2)28-15-17-29(18-16-28)26(30)22-11-13-27(14-12-22)19-23-8-4-5-10-25(23)31-3/h4-10,22H,11-19H2,1-3H3/p+1. The number of nitrogens with one attached hydrogen (secondary N) is 1. The number of quaternary nitrogens is 1. The molecule has 2 aromatic carbocycles. The third kappa shape index (κ3) is 4.87. The van der Waals surface area contributed by atoms with Crippen LogP contribution in [-0.2, 0) is 11.3 Å². The van der Waals surface area contributed by atoms with Gasteiger partial charge < -0.3 is 19.4 Å². The van der Waals surface area contributed by atoms with E-state index < -0.39 is 0 Å². The number of likely N-dealkylation sites (tertiary alicyclic amines) is 1. The van der Waals surface area contributed by atoms with Crippen LogP contribution in [0.3, 0.4) is 0 Å². The van der Waals surface area contributed by atoms with Gasteiger partial charge in [-0.25, -0.2) is 0 Å². The summed E-state index contributed by atoms with van der Waals surface area (Å²) >= 11 is 0. The second-order valence-corrected chi connectivity index (χ2v) is 9.04. The first-order chi connectivity index (χ1) is 15.1. The van der Waals surface area contributed by atoms with E-state index in [0.717, 1.165) is 64.4 Å². The predicted octanol–water partition coefficient (Wildman–Crippen LogP) is 2.46. The SMILES string of the molecule is COc1ccccc1C[NH+]1CCC(C(=O)N2CCN(c3cccc(C)c3C)CC2)CC1. The third-order valence-corrected chi connectivity index (χ3v) is 7.18. The topological polar surface area (TPSA) is 37.2 Å². The van der Waals surface area contributed by atoms with Gasteiger partial charge in [0.1, 0.15) is 12.3 Å². The van der Waals surface area contributed by atoms with Gasteiger partial charge >= 0.3 is 0 Å². The highest BCUT2D eigenvalue weighted by molar-refractivity contribution is 5.79. The number of rotatable bonds is 5. The van der Waals surface area contributed by atoms with Crippen LogP contribution in [0.15, 0.2) is 42.5 Å². The number of ether oxygens (including phenoxy) is 1. The Morgan fingerprint density at radius 2 is 1.71 bits per heavy atom. The molecule has 2 heterocycles. The number of carbonyl (C=O) groups is 1. The number of anilines is 1. The highest BCUT2D eigenvalue weighted by Gasteiger charge is 2.32. The highest BCUT2D eigenvalue weighted by Crippen LogP contribution is 2.25. The number of methoxy groups -OCH3 is 1. The highest BCUT2D eigenvalue weighted by atomic mass is 16.5. The summed E-state index contributed by atoms with van der Waals surface area (Å²) in [7, 11) is 1.74. The van der Waals surface area contributed by atoms with Crippen molar-refractivity contribution in [2.45, 2.75) is 33.2 Å². The van der Waals surface area contributed by atoms with Crippen LogP contribution in [0.4, 0.5) is 5.69 Å². The van der Waals surface area contributed by atoms with Gasteiger partial charge in [0.05, 0.1) is 20.2 Å². The van der Waals surface area contributed by atoms with Crippen molar-refractivity contribution >= 4 is 11.6 Å². The van der Waals surface area contributed by atoms with Crippen LogP contribution >= 0.6 is 0 Å². The molecule has 2 aliphatic heterocycles. The summed E-state index contributed by atoms with van der Waals surface area (Å²) in [4.78, 5) is 19.3. The maximum atomic E-state index is 13.2. The van der Waals surface area contributed by atoms with Crippen molar-refractivity contribution < 1.29 is 14.4 Å². The largest absolute Gasteiger partial charge is 0.496 e. The fourth-order valence-electron chi connectivity index (χ4n) is 5.07. The van der Waals surface area contributed by atoms with Crippen molar-refractivity contribution in [1.82, 2.24) is 4.90 Å². The predicted molar refractivity (Wildman–Crippen MR) is 125 cm³/mol. The molecule has 0 aliphatic carbocycles. The first-order valence-electron chi connectivity index (χ1n) is 11.6. The van der Waals surface area contributed by atoms with Crippen molar-refractivity contribution in [2.24, 2.45) is 5.92 Å². The molecule has 1 N–H and O–H groups in total. The zero-order chi connectivity index (χ0) is 21.8. The van der Waals surface area contributed by atoms with E-state index in [9.17, 15) is 4.79 Å². The molecule has 5 nitrogen and oxygen atoms in total. The normalized spacial score (nSPS) is 21.8. The number of hydrogen-bond donors (Lipinski definition) is 1. The van der Waals surface area contributed by atoms with Gasteiger partial charge in [-0.3, -0.25) is 4.79 Å². The number of piperidine rings is 1. The number of benzene rings is 2. The maximum Gasteiger partial charge on any atom is 0.226 e. The van der Waals surface area contributed by atoms with E-state index in [1.54, 1.807) is 12.0 Å². The average Bonchev–Trinajstić information content (AvgIpc) is 2.81. The van der Waals surface area contributed by atoms with Crippen molar-refractivity contribution in [2.75, 3.05) is 51.3 Å². The van der Waals surface area contributed by atoms with Crippen LogP contribution in [-0.4, -0.2) is 57.2 Å². The first-order valence-corrected chi connectivity index (χ1v) is 11.6. The summed E-state index contributed by atoms with van der Waals surface area (Å²) in [6, 6.07) is 14.8. The Kier molecular flexibility index (Phi) is 6.81. The van der Waals surface area contributed by atoms with Gasteiger partial charge in [0.25, 0.3) is 0 Å². The van der Waals surface area contributed by atoms with E-state index >= 15 is 0 Å².